The summed E-state index contributed by atoms with van der Waals surface area (Å²) in [5.74, 6) is 1.97. The Hall–Kier alpha value is -0.970. The highest BCUT2D eigenvalue weighted by Gasteiger charge is 2.44. The van der Waals surface area contributed by atoms with Gasteiger partial charge in [0.25, 0.3) is 0 Å². The van der Waals surface area contributed by atoms with Crippen molar-refractivity contribution in [2.75, 3.05) is 37.6 Å². The molecule has 4 rings (SSSR count). The first-order valence-electron chi connectivity index (χ1n) is 11.3. The van der Waals surface area contributed by atoms with E-state index in [0.717, 1.165) is 63.6 Å². The van der Waals surface area contributed by atoms with Gasteiger partial charge in [0.2, 0.25) is 5.91 Å². The summed E-state index contributed by atoms with van der Waals surface area (Å²) in [7, 11) is 0. The molecule has 6 heteroatoms. The third-order valence-electron chi connectivity index (χ3n) is 7.16. The lowest BCUT2D eigenvalue weighted by Crippen LogP contribution is -2.47. The maximum absolute atomic E-state index is 12.6. The van der Waals surface area contributed by atoms with Crippen molar-refractivity contribution in [2.45, 2.75) is 51.5 Å². The van der Waals surface area contributed by atoms with Gasteiger partial charge in [-0.15, -0.1) is 0 Å². The summed E-state index contributed by atoms with van der Waals surface area (Å²) in [5.41, 5.74) is 1.14. The van der Waals surface area contributed by atoms with Crippen molar-refractivity contribution in [3.8, 4) is 0 Å². The van der Waals surface area contributed by atoms with E-state index in [1.54, 1.807) is 0 Å². The SMILES string of the molecule is CC[C@H]1CC[C@H](NC(=O)[C@@H]2C[C@H]2CN2CCN(c3ccc(Cl)c(Cl)c3)CC2)CC1. The van der Waals surface area contributed by atoms with Crippen molar-refractivity contribution < 1.29 is 4.79 Å². The Kier molecular flexibility index (Phi) is 6.93. The molecule has 1 saturated heterocycles. The van der Waals surface area contributed by atoms with Crippen LogP contribution in [0, 0.1) is 17.8 Å². The van der Waals surface area contributed by atoms with E-state index in [2.05, 4.69) is 22.0 Å². The largest absolute Gasteiger partial charge is 0.369 e. The molecule has 0 unspecified atom stereocenters. The molecular formula is C23H33Cl2N3O. The quantitative estimate of drug-likeness (QED) is 0.691. The molecule has 1 aromatic rings. The van der Waals surface area contributed by atoms with Gasteiger partial charge in [0.1, 0.15) is 0 Å². The van der Waals surface area contributed by atoms with Crippen LogP contribution in [0.15, 0.2) is 18.2 Å². The minimum absolute atomic E-state index is 0.243. The van der Waals surface area contributed by atoms with Gasteiger partial charge < -0.3 is 10.2 Å². The number of piperazine rings is 1. The second-order valence-electron chi connectivity index (χ2n) is 9.12. The van der Waals surface area contributed by atoms with Crippen LogP contribution >= 0.6 is 23.2 Å². The first kappa shape index (κ1) is 21.3. The molecule has 1 amide bonds. The highest BCUT2D eigenvalue weighted by molar-refractivity contribution is 6.42. The molecule has 1 heterocycles. The van der Waals surface area contributed by atoms with Crippen molar-refractivity contribution >= 4 is 34.8 Å². The molecule has 0 bridgehead atoms. The van der Waals surface area contributed by atoms with E-state index < -0.39 is 0 Å². The molecule has 160 valence electrons. The molecule has 0 spiro atoms. The number of amides is 1. The van der Waals surface area contributed by atoms with Crippen LogP contribution in [0.3, 0.4) is 0 Å². The number of anilines is 1. The number of hydrogen-bond donors (Lipinski definition) is 1. The van der Waals surface area contributed by atoms with Crippen LogP contribution in [0.5, 0.6) is 0 Å². The van der Waals surface area contributed by atoms with Crippen molar-refractivity contribution in [2.24, 2.45) is 17.8 Å². The van der Waals surface area contributed by atoms with Crippen LogP contribution in [0.25, 0.3) is 0 Å². The molecule has 2 atom stereocenters. The standard InChI is InChI=1S/C23H33Cl2N3O/c1-2-16-3-5-18(6-4-16)26-23(29)20-13-17(20)15-27-9-11-28(12-10-27)19-7-8-21(24)22(25)14-19/h7-8,14,16-18,20H,2-6,9-13,15H2,1H3,(H,26,29)/t16-,17-,18-,20+/m0/s1. The Labute approximate surface area is 184 Å². The molecule has 2 aliphatic carbocycles. The molecule has 0 aromatic heterocycles. The molecule has 2 saturated carbocycles. The summed E-state index contributed by atoms with van der Waals surface area (Å²) in [6.45, 7) is 7.38. The molecule has 29 heavy (non-hydrogen) atoms. The summed E-state index contributed by atoms with van der Waals surface area (Å²) in [4.78, 5) is 17.5. The van der Waals surface area contributed by atoms with Gasteiger partial charge in [-0.2, -0.15) is 0 Å². The molecule has 1 N–H and O–H groups in total. The average Bonchev–Trinajstić information content (AvgIpc) is 3.50. The van der Waals surface area contributed by atoms with Gasteiger partial charge in [-0.3, -0.25) is 9.69 Å². The van der Waals surface area contributed by atoms with E-state index in [-0.39, 0.29) is 5.92 Å². The maximum Gasteiger partial charge on any atom is 0.223 e. The smallest absolute Gasteiger partial charge is 0.223 e. The van der Waals surface area contributed by atoms with E-state index in [9.17, 15) is 4.79 Å². The predicted octanol–water partition coefficient (Wildman–Crippen LogP) is 4.84. The Bertz CT molecular complexity index is 712. The Morgan fingerprint density at radius 1 is 1.07 bits per heavy atom. The summed E-state index contributed by atoms with van der Waals surface area (Å²) < 4.78 is 0. The van der Waals surface area contributed by atoms with E-state index in [0.29, 0.717) is 27.9 Å². The fourth-order valence-corrected chi connectivity index (χ4v) is 5.29. The fraction of sp³-hybridized carbons (Fsp3) is 0.696. The second-order valence-corrected chi connectivity index (χ2v) is 9.94. The van der Waals surface area contributed by atoms with Gasteiger partial charge in [-0.05, 0) is 62.1 Å². The molecule has 3 fully saturated rings. The van der Waals surface area contributed by atoms with Gasteiger partial charge in [0.15, 0.2) is 0 Å². The van der Waals surface area contributed by atoms with Crippen LogP contribution in [0.1, 0.15) is 45.4 Å². The number of benzene rings is 1. The van der Waals surface area contributed by atoms with Gasteiger partial charge in [0.05, 0.1) is 10.0 Å². The number of hydrogen-bond acceptors (Lipinski definition) is 3. The van der Waals surface area contributed by atoms with Crippen molar-refractivity contribution in [1.82, 2.24) is 10.2 Å². The Balaban J connectivity index is 1.17. The number of nitrogens with zero attached hydrogens (tertiary/aromatic N) is 2. The van der Waals surface area contributed by atoms with Gasteiger partial charge in [0, 0.05) is 50.4 Å². The van der Waals surface area contributed by atoms with E-state index in [1.807, 2.05) is 18.2 Å². The van der Waals surface area contributed by atoms with E-state index in [1.165, 1.54) is 19.3 Å². The van der Waals surface area contributed by atoms with E-state index >= 15 is 0 Å². The van der Waals surface area contributed by atoms with Crippen molar-refractivity contribution in [1.29, 1.82) is 0 Å². The van der Waals surface area contributed by atoms with Crippen molar-refractivity contribution in [3.05, 3.63) is 28.2 Å². The van der Waals surface area contributed by atoms with Crippen LogP contribution in [0.4, 0.5) is 5.69 Å². The van der Waals surface area contributed by atoms with Crippen LogP contribution < -0.4 is 10.2 Å². The second kappa shape index (κ2) is 9.45. The summed E-state index contributed by atoms with van der Waals surface area (Å²) in [6, 6.07) is 6.28. The zero-order valence-electron chi connectivity index (χ0n) is 17.4. The lowest BCUT2D eigenvalue weighted by atomic mass is 9.84. The minimum atomic E-state index is 0.243. The molecule has 0 radical (unpaired) electrons. The van der Waals surface area contributed by atoms with Gasteiger partial charge in [-0.25, -0.2) is 0 Å². The number of carbonyl (C=O) groups is 1. The Morgan fingerprint density at radius 3 is 2.45 bits per heavy atom. The number of rotatable bonds is 6. The topological polar surface area (TPSA) is 35.6 Å². The summed E-state index contributed by atoms with van der Waals surface area (Å²) in [5, 5.41) is 4.56. The highest BCUT2D eigenvalue weighted by atomic mass is 35.5. The highest BCUT2D eigenvalue weighted by Crippen LogP contribution is 2.40. The lowest BCUT2D eigenvalue weighted by Gasteiger charge is -2.36. The van der Waals surface area contributed by atoms with Crippen molar-refractivity contribution in [3.63, 3.8) is 0 Å². The number of nitrogens with one attached hydrogen (secondary N) is 1. The first-order valence-corrected chi connectivity index (χ1v) is 12.0. The summed E-state index contributed by atoms with van der Waals surface area (Å²) >= 11 is 12.2. The molecule has 3 aliphatic rings. The van der Waals surface area contributed by atoms with Gasteiger partial charge in [-0.1, -0.05) is 36.5 Å². The normalized spacial score (nSPS) is 30.2. The predicted molar refractivity (Wildman–Crippen MR) is 121 cm³/mol. The number of carbonyl (C=O) groups excluding carboxylic acids is 1. The zero-order chi connectivity index (χ0) is 20.4. The minimum Gasteiger partial charge on any atom is -0.369 e. The fourth-order valence-electron chi connectivity index (χ4n) is 5.00. The monoisotopic (exact) mass is 437 g/mol. The van der Waals surface area contributed by atoms with Crippen LogP contribution in [-0.4, -0.2) is 49.6 Å². The average molecular weight is 438 g/mol. The molecule has 1 aliphatic heterocycles. The molecule has 4 nitrogen and oxygen atoms in total. The van der Waals surface area contributed by atoms with Crippen LogP contribution in [-0.2, 0) is 4.79 Å². The van der Waals surface area contributed by atoms with E-state index in [4.69, 9.17) is 23.2 Å². The first-order chi connectivity index (χ1) is 14.0. The zero-order valence-corrected chi connectivity index (χ0v) is 18.9. The third-order valence-corrected chi connectivity index (χ3v) is 7.90. The summed E-state index contributed by atoms with van der Waals surface area (Å²) in [6.07, 6.45) is 7.22. The Morgan fingerprint density at radius 2 is 1.79 bits per heavy atom. The van der Waals surface area contributed by atoms with Gasteiger partial charge >= 0.3 is 0 Å². The number of halogens is 2. The maximum atomic E-state index is 12.6. The molecule has 1 aromatic carbocycles. The third kappa shape index (κ3) is 5.39. The van der Waals surface area contributed by atoms with Crippen LogP contribution in [0.2, 0.25) is 10.0 Å². The lowest BCUT2D eigenvalue weighted by molar-refractivity contribution is -0.123. The molecular weight excluding hydrogens is 405 g/mol.